The first kappa shape index (κ1) is 22.7. The van der Waals surface area contributed by atoms with Crippen LogP contribution in [0.1, 0.15) is 34.3 Å². The normalized spacial score (nSPS) is 19.7. The molecular weight excluding hydrogens is 459 g/mol. The molecule has 2 N–H and O–H groups in total. The van der Waals surface area contributed by atoms with E-state index in [9.17, 15) is 14.7 Å². The molecule has 32 heavy (non-hydrogen) atoms. The molecule has 1 aromatic heterocycles. The van der Waals surface area contributed by atoms with Crippen LogP contribution in [0.15, 0.2) is 24.4 Å². The number of alkyl halides is 1. The van der Waals surface area contributed by atoms with Crippen LogP contribution in [0.4, 0.5) is 5.95 Å². The third kappa shape index (κ3) is 4.38. The molecular formula is C21H22Cl2N4O5. The molecule has 2 atom stereocenters. The smallest absolute Gasteiger partial charge is 0.328 e. The molecule has 11 heteroatoms. The number of carboxylic acid groups (broad SMARTS) is 1. The van der Waals surface area contributed by atoms with E-state index in [4.69, 9.17) is 32.7 Å². The van der Waals surface area contributed by atoms with Gasteiger partial charge in [-0.3, -0.25) is 4.79 Å². The van der Waals surface area contributed by atoms with E-state index in [1.54, 1.807) is 18.2 Å². The molecule has 1 aromatic carbocycles. The molecule has 0 bridgehead atoms. The van der Waals surface area contributed by atoms with Crippen molar-refractivity contribution in [3.05, 3.63) is 40.5 Å². The van der Waals surface area contributed by atoms with E-state index >= 15 is 0 Å². The van der Waals surface area contributed by atoms with E-state index in [1.807, 2.05) is 0 Å². The van der Waals surface area contributed by atoms with Crippen molar-refractivity contribution in [2.75, 3.05) is 32.2 Å². The summed E-state index contributed by atoms with van der Waals surface area (Å²) in [5.74, 6) is -1.25. The highest BCUT2D eigenvalue weighted by molar-refractivity contribution is 6.33. The number of carboxylic acids is 1. The molecule has 9 nitrogen and oxygen atoms in total. The number of fused-ring (bicyclic) bond motifs is 1. The fourth-order valence-corrected chi connectivity index (χ4v) is 4.50. The average Bonchev–Trinajstić information content (AvgIpc) is 3.03. The van der Waals surface area contributed by atoms with Gasteiger partial charge in [-0.2, -0.15) is 0 Å². The van der Waals surface area contributed by atoms with Gasteiger partial charge in [0.2, 0.25) is 5.95 Å². The predicted octanol–water partition coefficient (Wildman–Crippen LogP) is 3.18. The minimum Gasteiger partial charge on any atom is -0.480 e. The molecule has 170 valence electrons. The number of amides is 1. The Kier molecular flexibility index (Phi) is 6.80. The van der Waals surface area contributed by atoms with E-state index in [1.165, 1.54) is 13.3 Å². The highest BCUT2D eigenvalue weighted by Crippen LogP contribution is 2.40. The Labute approximate surface area is 194 Å². The lowest BCUT2D eigenvalue weighted by Crippen LogP contribution is -2.45. The lowest BCUT2D eigenvalue weighted by Gasteiger charge is -2.26. The summed E-state index contributed by atoms with van der Waals surface area (Å²) >= 11 is 12.8. The van der Waals surface area contributed by atoms with Crippen LogP contribution >= 0.6 is 23.2 Å². The van der Waals surface area contributed by atoms with Gasteiger partial charge in [0.15, 0.2) is 6.04 Å². The number of carbonyl (C=O) groups excluding carboxylic acids is 1. The monoisotopic (exact) mass is 480 g/mol. The maximum Gasteiger partial charge on any atom is 0.328 e. The van der Waals surface area contributed by atoms with Crippen molar-refractivity contribution >= 4 is 41.0 Å². The lowest BCUT2D eigenvalue weighted by molar-refractivity contribution is -0.144. The van der Waals surface area contributed by atoms with Crippen LogP contribution in [-0.2, 0) is 14.3 Å². The van der Waals surface area contributed by atoms with E-state index in [-0.39, 0.29) is 12.6 Å². The number of anilines is 1. The molecule has 1 fully saturated rings. The van der Waals surface area contributed by atoms with Gasteiger partial charge in [0.1, 0.15) is 5.50 Å². The Bertz CT molecular complexity index is 1030. The standard InChI is InChI=1S/C21H22Cl2N4O5/c1-31-10-16(20(29)30)27-18(23)13-3-2-11(8-14(13)19(27)28)17-15(22)9-24-21(26-17)25-12-4-6-32-7-5-12/h2-3,8-9,12,16,18H,4-7,10H2,1H3,(H,29,30)(H,24,25,26). The average molecular weight is 481 g/mol. The Hall–Kier alpha value is -2.46. The number of rotatable bonds is 7. The summed E-state index contributed by atoms with van der Waals surface area (Å²) in [4.78, 5) is 34.7. The van der Waals surface area contributed by atoms with Crippen molar-refractivity contribution in [2.45, 2.75) is 30.4 Å². The van der Waals surface area contributed by atoms with E-state index in [0.29, 0.717) is 46.6 Å². The van der Waals surface area contributed by atoms with Gasteiger partial charge >= 0.3 is 5.97 Å². The summed E-state index contributed by atoms with van der Waals surface area (Å²) in [5, 5.41) is 13.2. The maximum atomic E-state index is 13.1. The number of carbonyl (C=O) groups is 2. The van der Waals surface area contributed by atoms with Crippen LogP contribution in [0.5, 0.6) is 0 Å². The van der Waals surface area contributed by atoms with E-state index in [0.717, 1.165) is 17.7 Å². The Balaban J connectivity index is 1.64. The summed E-state index contributed by atoms with van der Waals surface area (Å²) in [6.45, 7) is 1.19. The van der Waals surface area contributed by atoms with Crippen molar-refractivity contribution in [1.29, 1.82) is 0 Å². The van der Waals surface area contributed by atoms with Crippen molar-refractivity contribution < 1.29 is 24.2 Å². The highest BCUT2D eigenvalue weighted by Gasteiger charge is 2.43. The van der Waals surface area contributed by atoms with Crippen molar-refractivity contribution in [2.24, 2.45) is 0 Å². The first-order valence-electron chi connectivity index (χ1n) is 10.1. The highest BCUT2D eigenvalue weighted by atomic mass is 35.5. The van der Waals surface area contributed by atoms with E-state index in [2.05, 4.69) is 15.3 Å². The minimum atomic E-state index is -1.20. The van der Waals surface area contributed by atoms with Crippen molar-refractivity contribution in [3.8, 4) is 11.3 Å². The lowest BCUT2D eigenvalue weighted by atomic mass is 10.0. The third-order valence-electron chi connectivity index (χ3n) is 5.54. The summed E-state index contributed by atoms with van der Waals surface area (Å²) in [7, 11) is 1.37. The molecule has 4 rings (SSSR count). The summed E-state index contributed by atoms with van der Waals surface area (Å²) < 4.78 is 10.3. The number of benzene rings is 1. The topological polar surface area (TPSA) is 114 Å². The summed E-state index contributed by atoms with van der Waals surface area (Å²) in [6, 6.07) is 4.08. The number of halogens is 2. The van der Waals surface area contributed by atoms with Crippen molar-refractivity contribution in [1.82, 2.24) is 14.9 Å². The predicted molar refractivity (Wildman–Crippen MR) is 118 cm³/mol. The second-order valence-electron chi connectivity index (χ2n) is 7.58. The number of hydrogen-bond donors (Lipinski definition) is 2. The zero-order chi connectivity index (χ0) is 22.8. The molecule has 2 aromatic rings. The molecule has 3 heterocycles. The molecule has 0 spiro atoms. The Morgan fingerprint density at radius 1 is 1.41 bits per heavy atom. The zero-order valence-corrected chi connectivity index (χ0v) is 18.8. The molecule has 1 amide bonds. The van der Waals surface area contributed by atoms with Gasteiger partial charge < -0.3 is 24.8 Å². The first-order chi connectivity index (χ1) is 15.4. The quantitative estimate of drug-likeness (QED) is 0.458. The molecule has 0 aliphatic carbocycles. The number of nitrogens with zero attached hydrogens (tertiary/aromatic N) is 3. The largest absolute Gasteiger partial charge is 0.480 e. The minimum absolute atomic E-state index is 0.176. The van der Waals surface area contributed by atoms with Crippen LogP contribution in [0.25, 0.3) is 11.3 Å². The molecule has 0 radical (unpaired) electrons. The van der Waals surface area contributed by atoms with Gasteiger partial charge in [-0.1, -0.05) is 35.3 Å². The number of aliphatic carboxylic acids is 1. The van der Waals surface area contributed by atoms with Crippen LogP contribution < -0.4 is 5.32 Å². The summed E-state index contributed by atoms with van der Waals surface area (Å²) in [6.07, 6.45) is 3.22. The Morgan fingerprint density at radius 3 is 2.84 bits per heavy atom. The number of nitrogens with one attached hydrogen (secondary N) is 1. The second kappa shape index (κ2) is 9.58. The second-order valence-corrected chi connectivity index (χ2v) is 8.40. The van der Waals surface area contributed by atoms with Crippen LogP contribution in [-0.4, -0.2) is 70.9 Å². The number of hydrogen-bond acceptors (Lipinski definition) is 7. The van der Waals surface area contributed by atoms with Gasteiger partial charge in [-0.25, -0.2) is 14.8 Å². The van der Waals surface area contributed by atoms with E-state index < -0.39 is 23.4 Å². The molecule has 0 saturated carbocycles. The van der Waals surface area contributed by atoms with Gasteiger partial charge in [0.25, 0.3) is 5.91 Å². The molecule has 1 saturated heterocycles. The SMILES string of the molecule is COCC(C(=O)O)N1C(=O)c2cc(-c3nc(NC4CCOCC4)ncc3Cl)ccc2C1Cl. The van der Waals surface area contributed by atoms with Gasteiger partial charge in [0, 0.05) is 43.1 Å². The number of ether oxygens (including phenoxy) is 2. The fraction of sp³-hybridized carbons (Fsp3) is 0.429. The van der Waals surface area contributed by atoms with Gasteiger partial charge in [-0.15, -0.1) is 0 Å². The van der Waals surface area contributed by atoms with Crippen LogP contribution in [0, 0.1) is 0 Å². The fourth-order valence-electron chi connectivity index (χ4n) is 3.88. The zero-order valence-electron chi connectivity index (χ0n) is 17.3. The molecule has 2 unspecified atom stereocenters. The Morgan fingerprint density at radius 2 is 2.16 bits per heavy atom. The third-order valence-corrected chi connectivity index (χ3v) is 6.26. The maximum absolute atomic E-state index is 13.1. The first-order valence-corrected chi connectivity index (χ1v) is 10.9. The van der Waals surface area contributed by atoms with Gasteiger partial charge in [-0.05, 0) is 18.9 Å². The number of aromatic nitrogens is 2. The number of methoxy groups -OCH3 is 1. The van der Waals surface area contributed by atoms with Crippen LogP contribution in [0.3, 0.4) is 0 Å². The molecule has 2 aliphatic heterocycles. The summed E-state index contributed by atoms with van der Waals surface area (Å²) in [5.41, 5.74) is 0.966. The molecule has 2 aliphatic rings. The van der Waals surface area contributed by atoms with Crippen molar-refractivity contribution in [3.63, 3.8) is 0 Å². The van der Waals surface area contributed by atoms with Gasteiger partial charge in [0.05, 0.1) is 23.5 Å². The van der Waals surface area contributed by atoms with Crippen LogP contribution in [0.2, 0.25) is 5.02 Å².